The van der Waals surface area contributed by atoms with Gasteiger partial charge in [-0.25, -0.2) is 4.99 Å². The third kappa shape index (κ3) is 8.18. The minimum Gasteiger partial charge on any atom is -0.386 e. The van der Waals surface area contributed by atoms with Crippen LogP contribution in [0.5, 0.6) is 0 Å². The van der Waals surface area contributed by atoms with Crippen molar-refractivity contribution in [3.8, 4) is 0 Å². The smallest absolute Gasteiger partial charge is 0.211 e. The van der Waals surface area contributed by atoms with Crippen LogP contribution in [0.3, 0.4) is 0 Å². The fourth-order valence-corrected chi connectivity index (χ4v) is 3.21. The molecule has 0 atom stereocenters. The first-order chi connectivity index (χ1) is 14.9. The zero-order valence-corrected chi connectivity index (χ0v) is 18.6. The first-order valence-electron chi connectivity index (χ1n) is 10.4. The van der Waals surface area contributed by atoms with Crippen molar-refractivity contribution in [1.82, 2.24) is 10.2 Å². The first kappa shape index (κ1) is 24.0. The molecule has 31 heavy (non-hydrogen) atoms. The molecule has 0 unspecified atom stereocenters. The molecule has 6 heteroatoms. The van der Waals surface area contributed by atoms with Gasteiger partial charge < -0.3 is 10.6 Å². The summed E-state index contributed by atoms with van der Waals surface area (Å²) in [6.07, 6.45) is 1.69. The molecule has 0 heterocycles. The number of anilines is 1. The summed E-state index contributed by atoms with van der Waals surface area (Å²) >= 11 is 0. The molecule has 164 valence electrons. The van der Waals surface area contributed by atoms with Gasteiger partial charge in [0.15, 0.2) is 0 Å². The number of allylic oxidation sites excluding steroid dienone is 1. The molecule has 0 aliphatic carbocycles. The lowest BCUT2D eigenvalue weighted by Crippen LogP contribution is -2.29. The number of Topliss-reactive ketones (excluding diaryl/α,β-unsaturated/α-hetero) is 1. The molecule has 2 aromatic carbocycles. The molecule has 0 radical (unpaired) electrons. The van der Waals surface area contributed by atoms with E-state index in [1.807, 2.05) is 50.4 Å². The van der Waals surface area contributed by atoms with E-state index in [1.165, 1.54) is 5.56 Å². The molecule has 0 fully saturated rings. The summed E-state index contributed by atoms with van der Waals surface area (Å²) in [5, 5.41) is 5.81. The lowest BCUT2D eigenvalue weighted by atomic mass is 10.1. The van der Waals surface area contributed by atoms with Gasteiger partial charge in [0.2, 0.25) is 6.41 Å². The molecule has 2 N–H and O–H groups in total. The third-order valence-corrected chi connectivity index (χ3v) is 4.95. The molecule has 6 nitrogen and oxygen atoms in total. The molecule has 0 saturated carbocycles. The summed E-state index contributed by atoms with van der Waals surface area (Å²) in [4.78, 5) is 29.6. The standard InChI is InChI=1S/C25H32N4O2/c1-19-10-11-24(25(16-19)26-4)28-23(21(3)27-18-30)13-15-29(14-12-20(2)31)17-22-8-6-5-7-9-22/h5-11,16,18,26H,3,12-15,17H2,1-2,4H3,(H,27,30). The number of aliphatic imine (C=N–C) groups is 1. The second-order valence-corrected chi connectivity index (χ2v) is 7.53. The van der Waals surface area contributed by atoms with Gasteiger partial charge in [-0.05, 0) is 37.1 Å². The maximum absolute atomic E-state index is 11.6. The van der Waals surface area contributed by atoms with Gasteiger partial charge in [-0.15, -0.1) is 0 Å². The van der Waals surface area contributed by atoms with E-state index in [-0.39, 0.29) is 5.78 Å². The minimum absolute atomic E-state index is 0.164. The Labute approximate surface area is 185 Å². The summed E-state index contributed by atoms with van der Waals surface area (Å²) in [5.74, 6) is 0.164. The quantitative estimate of drug-likeness (QED) is 0.375. The second kappa shape index (κ2) is 12.4. The Hall–Kier alpha value is -3.25. The fourth-order valence-electron chi connectivity index (χ4n) is 3.21. The number of rotatable bonds is 13. The largest absolute Gasteiger partial charge is 0.386 e. The van der Waals surface area contributed by atoms with Crippen LogP contribution in [0.2, 0.25) is 0 Å². The van der Waals surface area contributed by atoms with Gasteiger partial charge in [-0.2, -0.15) is 0 Å². The summed E-state index contributed by atoms with van der Waals surface area (Å²) in [5.41, 5.74) is 5.19. The lowest BCUT2D eigenvalue weighted by molar-refractivity contribution is -0.117. The SMILES string of the molecule is C=C(NC=O)C(CCN(CCC(C)=O)Cc1ccccc1)=Nc1ccc(C)cc1NC. The number of nitrogens with one attached hydrogen (secondary N) is 2. The Morgan fingerprint density at radius 1 is 1.13 bits per heavy atom. The molecule has 1 amide bonds. The predicted octanol–water partition coefficient (Wildman–Crippen LogP) is 4.24. The molecule has 0 aromatic heterocycles. The molecule has 2 aromatic rings. The van der Waals surface area contributed by atoms with Crippen LogP contribution in [0.25, 0.3) is 0 Å². The highest BCUT2D eigenvalue weighted by Gasteiger charge is 2.12. The Bertz CT molecular complexity index is 922. The first-order valence-corrected chi connectivity index (χ1v) is 10.4. The van der Waals surface area contributed by atoms with E-state index in [0.717, 1.165) is 23.5 Å². The van der Waals surface area contributed by atoms with E-state index >= 15 is 0 Å². The van der Waals surface area contributed by atoms with Gasteiger partial charge in [0.05, 0.1) is 22.8 Å². The van der Waals surface area contributed by atoms with Crippen LogP contribution >= 0.6 is 0 Å². The predicted molar refractivity (Wildman–Crippen MR) is 128 cm³/mol. The zero-order valence-electron chi connectivity index (χ0n) is 18.6. The van der Waals surface area contributed by atoms with Crippen LogP contribution in [-0.2, 0) is 16.1 Å². The van der Waals surface area contributed by atoms with Gasteiger partial charge >= 0.3 is 0 Å². The van der Waals surface area contributed by atoms with Crippen LogP contribution in [0.4, 0.5) is 11.4 Å². The maximum atomic E-state index is 11.6. The average molecular weight is 421 g/mol. The summed E-state index contributed by atoms with van der Waals surface area (Å²) in [6.45, 7) is 9.70. The van der Waals surface area contributed by atoms with Crippen molar-refractivity contribution in [3.05, 3.63) is 71.9 Å². The number of carbonyl (C=O) groups excluding carboxylic acids is 2. The maximum Gasteiger partial charge on any atom is 0.211 e. The molecule has 0 spiro atoms. The third-order valence-electron chi connectivity index (χ3n) is 4.95. The van der Waals surface area contributed by atoms with Crippen molar-refractivity contribution >= 4 is 29.3 Å². The fraction of sp³-hybridized carbons (Fsp3) is 0.320. The molecular formula is C25H32N4O2. The number of ketones is 1. The van der Waals surface area contributed by atoms with E-state index < -0.39 is 0 Å². The normalized spacial score (nSPS) is 11.3. The van der Waals surface area contributed by atoms with Crippen LogP contribution in [0, 0.1) is 6.92 Å². The number of aryl methyl sites for hydroxylation is 1. The monoisotopic (exact) mass is 420 g/mol. The molecule has 0 bridgehead atoms. The van der Waals surface area contributed by atoms with Crippen molar-refractivity contribution in [3.63, 3.8) is 0 Å². The molecule has 0 aliphatic heterocycles. The van der Waals surface area contributed by atoms with Crippen molar-refractivity contribution in [2.45, 2.75) is 33.2 Å². The highest BCUT2D eigenvalue weighted by atomic mass is 16.1. The number of hydrogen-bond acceptors (Lipinski definition) is 5. The zero-order chi connectivity index (χ0) is 22.6. The Morgan fingerprint density at radius 2 is 1.84 bits per heavy atom. The van der Waals surface area contributed by atoms with Gasteiger partial charge in [-0.3, -0.25) is 14.5 Å². The molecule has 0 aliphatic rings. The topological polar surface area (TPSA) is 73.8 Å². The average Bonchev–Trinajstić information content (AvgIpc) is 2.76. The van der Waals surface area contributed by atoms with E-state index in [9.17, 15) is 9.59 Å². The van der Waals surface area contributed by atoms with E-state index in [1.54, 1.807) is 6.92 Å². The van der Waals surface area contributed by atoms with E-state index in [4.69, 9.17) is 4.99 Å². The number of amides is 1. The molecule has 2 rings (SSSR count). The highest BCUT2D eigenvalue weighted by Crippen LogP contribution is 2.26. The Balaban J connectivity index is 2.23. The van der Waals surface area contributed by atoms with Crippen LogP contribution in [0.1, 0.15) is 30.9 Å². The van der Waals surface area contributed by atoms with Crippen molar-refractivity contribution in [2.24, 2.45) is 4.99 Å². The Kier molecular flexibility index (Phi) is 9.65. The van der Waals surface area contributed by atoms with E-state index in [2.05, 4.69) is 34.2 Å². The Morgan fingerprint density at radius 3 is 2.48 bits per heavy atom. The van der Waals surface area contributed by atoms with Crippen molar-refractivity contribution in [1.29, 1.82) is 0 Å². The second-order valence-electron chi connectivity index (χ2n) is 7.53. The minimum atomic E-state index is 0.164. The van der Waals surface area contributed by atoms with Gasteiger partial charge in [0, 0.05) is 39.5 Å². The van der Waals surface area contributed by atoms with Gasteiger partial charge in [-0.1, -0.05) is 43.0 Å². The van der Waals surface area contributed by atoms with E-state index in [0.29, 0.717) is 43.7 Å². The number of carbonyl (C=O) groups is 2. The molecular weight excluding hydrogens is 388 g/mol. The van der Waals surface area contributed by atoms with Gasteiger partial charge in [0.25, 0.3) is 0 Å². The summed E-state index contributed by atoms with van der Waals surface area (Å²) in [6, 6.07) is 16.2. The molecule has 0 saturated heterocycles. The van der Waals surface area contributed by atoms with Crippen LogP contribution in [-0.4, -0.2) is 42.9 Å². The van der Waals surface area contributed by atoms with Crippen LogP contribution in [0.15, 0.2) is 65.8 Å². The summed E-state index contributed by atoms with van der Waals surface area (Å²) < 4.78 is 0. The van der Waals surface area contributed by atoms with Crippen molar-refractivity contribution < 1.29 is 9.59 Å². The summed E-state index contributed by atoms with van der Waals surface area (Å²) in [7, 11) is 1.86. The highest BCUT2D eigenvalue weighted by molar-refractivity contribution is 6.02. The van der Waals surface area contributed by atoms with Gasteiger partial charge in [0.1, 0.15) is 5.78 Å². The van der Waals surface area contributed by atoms with Crippen LogP contribution < -0.4 is 10.6 Å². The number of nitrogens with zero attached hydrogens (tertiary/aromatic N) is 2. The number of benzene rings is 2. The lowest BCUT2D eigenvalue weighted by Gasteiger charge is -2.23. The van der Waals surface area contributed by atoms with Crippen molar-refractivity contribution in [2.75, 3.05) is 25.5 Å². The number of hydrogen-bond donors (Lipinski definition) is 2.